The lowest BCUT2D eigenvalue weighted by molar-refractivity contribution is -0.741. The maximum Gasteiger partial charge on any atom is 0.263 e. The van der Waals surface area contributed by atoms with Crippen molar-refractivity contribution in [3.63, 3.8) is 0 Å². The van der Waals surface area contributed by atoms with Gasteiger partial charge in [0.1, 0.15) is 0 Å². The van der Waals surface area contributed by atoms with E-state index in [9.17, 15) is 5.11 Å². The van der Waals surface area contributed by atoms with Crippen LogP contribution in [0.3, 0.4) is 0 Å². The van der Waals surface area contributed by atoms with Crippen molar-refractivity contribution in [2.75, 3.05) is 0 Å². The van der Waals surface area contributed by atoms with Crippen molar-refractivity contribution in [1.82, 2.24) is 5.27 Å². The number of nitrogens with zero attached hydrogens (tertiary/aromatic N) is 2. The van der Waals surface area contributed by atoms with Crippen LogP contribution in [0.15, 0.2) is 41.4 Å². The predicted molar refractivity (Wildman–Crippen MR) is 51.7 cm³/mol. The van der Waals surface area contributed by atoms with E-state index in [4.69, 9.17) is 0 Å². The van der Waals surface area contributed by atoms with E-state index in [-0.39, 0.29) is 0 Å². The Morgan fingerprint density at radius 2 is 2.07 bits per heavy atom. The summed E-state index contributed by atoms with van der Waals surface area (Å²) in [5.74, 6) is -0.466. The van der Waals surface area contributed by atoms with Crippen molar-refractivity contribution in [3.8, 4) is 5.95 Å². The zero-order valence-electron chi connectivity index (χ0n) is 8.30. The summed E-state index contributed by atoms with van der Waals surface area (Å²) in [6.07, 6.45) is 0. The van der Waals surface area contributed by atoms with E-state index in [1.165, 1.54) is 4.68 Å². The second kappa shape index (κ2) is 3.57. The third kappa shape index (κ3) is 1.61. The quantitative estimate of drug-likeness (QED) is 0.671. The molecule has 1 aromatic heterocycles. The molecule has 2 rings (SSSR count). The first-order chi connectivity index (χ1) is 7.20. The van der Waals surface area contributed by atoms with Crippen LogP contribution in [0.25, 0.3) is 5.57 Å². The molecule has 4 nitrogen and oxygen atoms in total. The molecule has 1 aromatic carbocycles. The fraction of sp³-hybridized carbons (Fsp3) is 0.0909. The Bertz CT molecular complexity index is 469. The molecule has 15 heavy (non-hydrogen) atoms. The molecule has 0 aliphatic heterocycles. The molecule has 0 aliphatic rings. The largest absolute Gasteiger partial charge is 0.539 e. The van der Waals surface area contributed by atoms with Crippen LogP contribution in [0.2, 0.25) is 0 Å². The molecule has 1 heterocycles. The van der Waals surface area contributed by atoms with Gasteiger partial charge in [0.05, 0.1) is 10.8 Å². The van der Waals surface area contributed by atoms with Crippen LogP contribution >= 0.6 is 0 Å². The average Bonchev–Trinajstić information content (AvgIpc) is 2.59. The summed E-state index contributed by atoms with van der Waals surface area (Å²) in [4.78, 5) is 0. The Hall–Kier alpha value is -2.10. The molecule has 0 spiro atoms. The number of hydrogen-bond donors (Lipinski definition) is 0. The van der Waals surface area contributed by atoms with Crippen molar-refractivity contribution in [3.05, 3.63) is 48.2 Å². The molecule has 0 amide bonds. The maximum atomic E-state index is 11.3. The minimum Gasteiger partial charge on any atom is -0.539 e. The van der Waals surface area contributed by atoms with Gasteiger partial charge in [0.2, 0.25) is 0 Å². The number of benzene rings is 1. The lowest BCUT2D eigenvalue weighted by Gasteiger charge is -2.01. The molecule has 0 atom stereocenters. The molecule has 0 aliphatic carbocycles. The molecule has 4 heteroatoms. The molecule has 2 aromatic rings. The van der Waals surface area contributed by atoms with Crippen LogP contribution in [0, 0.1) is 0 Å². The molecule has 0 fully saturated rings. The van der Waals surface area contributed by atoms with Gasteiger partial charge < -0.3 is 9.63 Å². The van der Waals surface area contributed by atoms with Gasteiger partial charge in [-0.3, -0.25) is 0 Å². The van der Waals surface area contributed by atoms with Crippen molar-refractivity contribution in [2.45, 2.75) is 0 Å². The SMILES string of the molecule is C=C(c1ccccc1)c1c([O-])on[n+]1C. The summed E-state index contributed by atoms with van der Waals surface area (Å²) < 4.78 is 5.92. The number of aromatic nitrogens is 2. The maximum absolute atomic E-state index is 11.3. The highest BCUT2D eigenvalue weighted by Crippen LogP contribution is 2.23. The van der Waals surface area contributed by atoms with Gasteiger partial charge in [0.25, 0.3) is 5.69 Å². The molecule has 0 radical (unpaired) electrons. The van der Waals surface area contributed by atoms with E-state index in [2.05, 4.69) is 16.4 Å². The standard InChI is InChI=1S/C11H10N2O2/c1-8(9-6-4-3-5-7-9)10-11(14)15-12-13(10)2/h3-7H,1H2,2H3. The normalized spacial score (nSPS) is 10.2. The van der Waals surface area contributed by atoms with Crippen LogP contribution in [-0.4, -0.2) is 5.27 Å². The summed E-state index contributed by atoms with van der Waals surface area (Å²) in [6, 6.07) is 9.45. The minimum absolute atomic E-state index is 0.376. The van der Waals surface area contributed by atoms with E-state index < -0.39 is 5.95 Å². The van der Waals surface area contributed by atoms with Gasteiger partial charge in [-0.1, -0.05) is 41.6 Å². The summed E-state index contributed by atoms with van der Waals surface area (Å²) in [7, 11) is 1.65. The van der Waals surface area contributed by atoms with Crippen molar-refractivity contribution >= 4 is 5.57 Å². The van der Waals surface area contributed by atoms with Gasteiger partial charge >= 0.3 is 0 Å². The zero-order chi connectivity index (χ0) is 10.8. The average molecular weight is 202 g/mol. The fourth-order valence-corrected chi connectivity index (χ4v) is 1.41. The molecule has 0 saturated heterocycles. The van der Waals surface area contributed by atoms with Gasteiger partial charge in [-0.05, 0) is 5.56 Å². The van der Waals surface area contributed by atoms with E-state index >= 15 is 0 Å². The molecule has 0 N–H and O–H groups in total. The van der Waals surface area contributed by atoms with Gasteiger partial charge in [-0.2, -0.15) is 0 Å². The van der Waals surface area contributed by atoms with Gasteiger partial charge in [-0.15, -0.1) is 0 Å². The van der Waals surface area contributed by atoms with Gasteiger partial charge in [-0.25, -0.2) is 0 Å². The highest BCUT2D eigenvalue weighted by molar-refractivity contribution is 5.76. The third-order valence-corrected chi connectivity index (χ3v) is 2.17. The molecule has 0 unspecified atom stereocenters. The third-order valence-electron chi connectivity index (χ3n) is 2.17. The first-order valence-electron chi connectivity index (χ1n) is 4.48. The Morgan fingerprint density at radius 3 is 2.60 bits per heavy atom. The van der Waals surface area contributed by atoms with Crippen LogP contribution < -0.4 is 9.79 Å². The first-order valence-corrected chi connectivity index (χ1v) is 4.48. The lowest BCUT2D eigenvalue weighted by Crippen LogP contribution is -2.34. The Morgan fingerprint density at radius 1 is 1.40 bits per heavy atom. The van der Waals surface area contributed by atoms with Crippen LogP contribution in [0.5, 0.6) is 5.95 Å². The van der Waals surface area contributed by atoms with Gasteiger partial charge in [0.15, 0.2) is 13.0 Å². The molecule has 0 bridgehead atoms. The van der Waals surface area contributed by atoms with Crippen molar-refractivity contribution in [2.24, 2.45) is 7.05 Å². The summed E-state index contributed by atoms with van der Waals surface area (Å²) in [5, 5.41) is 14.9. The first kappa shape index (κ1) is 9.45. The molecule has 76 valence electrons. The Labute approximate surface area is 87.1 Å². The Kier molecular flexibility index (Phi) is 2.25. The van der Waals surface area contributed by atoms with E-state index in [0.717, 1.165) is 5.56 Å². The zero-order valence-corrected chi connectivity index (χ0v) is 8.30. The van der Waals surface area contributed by atoms with E-state index in [1.54, 1.807) is 7.05 Å². The Balaban J connectivity index is 2.46. The second-order valence-electron chi connectivity index (χ2n) is 3.18. The highest BCUT2D eigenvalue weighted by Gasteiger charge is 2.17. The number of aryl methyl sites for hydroxylation is 1. The summed E-state index contributed by atoms with van der Waals surface area (Å²) in [6.45, 7) is 3.87. The van der Waals surface area contributed by atoms with Crippen LogP contribution in [0.4, 0.5) is 0 Å². The molecular weight excluding hydrogens is 192 g/mol. The van der Waals surface area contributed by atoms with Crippen molar-refractivity contribution < 1.29 is 14.3 Å². The predicted octanol–water partition coefficient (Wildman–Crippen LogP) is 0.634. The number of hydrogen-bond acceptors (Lipinski definition) is 3. The lowest BCUT2D eigenvalue weighted by atomic mass is 10.1. The minimum atomic E-state index is -0.466. The van der Waals surface area contributed by atoms with Crippen LogP contribution in [-0.2, 0) is 7.05 Å². The highest BCUT2D eigenvalue weighted by atomic mass is 16.6. The van der Waals surface area contributed by atoms with E-state index in [1.807, 2.05) is 30.3 Å². The topological polar surface area (TPSA) is 53.0 Å². The second-order valence-corrected chi connectivity index (χ2v) is 3.18. The smallest absolute Gasteiger partial charge is 0.263 e. The van der Waals surface area contributed by atoms with Crippen LogP contribution in [0.1, 0.15) is 11.3 Å². The van der Waals surface area contributed by atoms with Crippen molar-refractivity contribution in [1.29, 1.82) is 0 Å². The fourth-order valence-electron chi connectivity index (χ4n) is 1.41. The monoisotopic (exact) mass is 202 g/mol. The van der Waals surface area contributed by atoms with E-state index in [0.29, 0.717) is 11.3 Å². The number of rotatable bonds is 2. The molecule has 0 saturated carbocycles. The van der Waals surface area contributed by atoms with Gasteiger partial charge in [0, 0.05) is 0 Å². The summed E-state index contributed by atoms with van der Waals surface area (Å²) in [5.41, 5.74) is 1.87. The summed E-state index contributed by atoms with van der Waals surface area (Å²) >= 11 is 0. The molecular formula is C11H10N2O2.